The van der Waals surface area contributed by atoms with E-state index in [4.69, 9.17) is 4.52 Å². The summed E-state index contributed by atoms with van der Waals surface area (Å²) in [5.74, 6) is 3.36. The second-order valence-electron chi connectivity index (χ2n) is 5.68. The van der Waals surface area contributed by atoms with Crippen molar-refractivity contribution < 1.29 is 4.52 Å². The lowest BCUT2D eigenvalue weighted by Crippen LogP contribution is -2.39. The molecule has 2 atom stereocenters. The van der Waals surface area contributed by atoms with Crippen LogP contribution in [0.25, 0.3) is 0 Å². The first-order valence-electron chi connectivity index (χ1n) is 7.47. The maximum atomic E-state index is 5.21. The maximum Gasteiger partial charge on any atom is 0.228 e. The first-order valence-corrected chi connectivity index (χ1v) is 7.47. The molecule has 0 aliphatic heterocycles. The molecule has 20 heavy (non-hydrogen) atoms. The molecule has 1 heterocycles. The summed E-state index contributed by atoms with van der Waals surface area (Å²) in [7, 11) is 0. The van der Waals surface area contributed by atoms with Crippen molar-refractivity contribution in [2.75, 3.05) is 13.1 Å². The van der Waals surface area contributed by atoms with Gasteiger partial charge in [-0.05, 0) is 19.3 Å². The fourth-order valence-corrected chi connectivity index (χ4v) is 1.89. The smallest absolute Gasteiger partial charge is 0.228 e. The van der Waals surface area contributed by atoms with E-state index in [1.54, 1.807) is 0 Å². The molecule has 0 aromatic carbocycles. The lowest BCUT2D eigenvalue weighted by atomic mass is 10.2. The van der Waals surface area contributed by atoms with Crippen LogP contribution in [-0.4, -0.2) is 35.2 Å². The van der Waals surface area contributed by atoms with Crippen LogP contribution in [0.5, 0.6) is 0 Å². The van der Waals surface area contributed by atoms with E-state index < -0.39 is 0 Å². The topological polar surface area (TPSA) is 75.3 Å². The van der Waals surface area contributed by atoms with Gasteiger partial charge in [-0.2, -0.15) is 4.98 Å². The Bertz CT molecular complexity index is 454. The zero-order chi connectivity index (χ0) is 14.5. The predicted octanol–water partition coefficient (Wildman–Crippen LogP) is 1.70. The largest absolute Gasteiger partial charge is 0.357 e. The third kappa shape index (κ3) is 4.21. The number of nitrogens with one attached hydrogen (secondary N) is 2. The molecule has 2 N–H and O–H groups in total. The van der Waals surface area contributed by atoms with Gasteiger partial charge < -0.3 is 15.2 Å². The first-order chi connectivity index (χ1) is 9.60. The van der Waals surface area contributed by atoms with Gasteiger partial charge in [-0.3, -0.25) is 4.99 Å². The molecule has 1 aromatic rings. The highest BCUT2D eigenvalue weighted by Gasteiger charge is 2.33. The van der Waals surface area contributed by atoms with Crippen LogP contribution in [0.3, 0.4) is 0 Å². The van der Waals surface area contributed by atoms with E-state index in [9.17, 15) is 0 Å². The molecule has 0 bridgehead atoms. The van der Waals surface area contributed by atoms with Gasteiger partial charge in [-0.1, -0.05) is 25.9 Å². The Hall–Kier alpha value is -1.59. The molecule has 112 valence electrons. The van der Waals surface area contributed by atoms with Crippen molar-refractivity contribution in [3.63, 3.8) is 0 Å². The maximum absolute atomic E-state index is 5.21. The predicted molar refractivity (Wildman–Crippen MR) is 78.8 cm³/mol. The van der Waals surface area contributed by atoms with Crippen LogP contribution in [-0.2, 0) is 6.42 Å². The van der Waals surface area contributed by atoms with Gasteiger partial charge in [0.1, 0.15) is 0 Å². The minimum Gasteiger partial charge on any atom is -0.357 e. The molecule has 1 aromatic heterocycles. The number of aromatic nitrogens is 2. The van der Waals surface area contributed by atoms with Crippen LogP contribution in [0.15, 0.2) is 9.52 Å². The van der Waals surface area contributed by atoms with E-state index >= 15 is 0 Å². The van der Waals surface area contributed by atoms with Crippen molar-refractivity contribution in [3.8, 4) is 0 Å². The van der Waals surface area contributed by atoms with Crippen molar-refractivity contribution in [1.82, 2.24) is 20.8 Å². The summed E-state index contributed by atoms with van der Waals surface area (Å²) in [6.45, 7) is 9.93. The average Bonchev–Trinajstić information content (AvgIpc) is 2.91. The average molecular weight is 279 g/mol. The first kappa shape index (κ1) is 14.8. The summed E-state index contributed by atoms with van der Waals surface area (Å²) in [6.07, 6.45) is 1.91. The van der Waals surface area contributed by atoms with Gasteiger partial charge in [0.05, 0.1) is 6.54 Å². The minimum absolute atomic E-state index is 0.298. The van der Waals surface area contributed by atoms with E-state index in [-0.39, 0.29) is 0 Å². The third-order valence-electron chi connectivity index (χ3n) is 3.37. The second kappa shape index (κ2) is 6.72. The summed E-state index contributed by atoms with van der Waals surface area (Å²) in [6, 6.07) is 0.573. The van der Waals surface area contributed by atoms with Gasteiger partial charge in [0.2, 0.25) is 5.89 Å². The number of rotatable bonds is 6. The van der Waals surface area contributed by atoms with Crippen LogP contribution in [0.4, 0.5) is 0 Å². The molecule has 6 heteroatoms. The van der Waals surface area contributed by atoms with Gasteiger partial charge in [-0.15, -0.1) is 0 Å². The molecule has 2 unspecified atom stereocenters. The summed E-state index contributed by atoms with van der Waals surface area (Å²) < 4.78 is 5.21. The van der Waals surface area contributed by atoms with Crippen molar-refractivity contribution in [1.29, 1.82) is 0 Å². The minimum atomic E-state index is 0.298. The molecule has 0 amide bonds. The number of nitrogens with zero attached hydrogens (tertiary/aromatic N) is 3. The summed E-state index contributed by atoms with van der Waals surface area (Å²) in [5.41, 5.74) is 0. The van der Waals surface area contributed by atoms with Crippen LogP contribution in [0, 0.1) is 5.92 Å². The summed E-state index contributed by atoms with van der Waals surface area (Å²) >= 11 is 0. The molecule has 0 radical (unpaired) electrons. The number of aliphatic imine (C=N–C) groups is 1. The highest BCUT2D eigenvalue weighted by atomic mass is 16.5. The van der Waals surface area contributed by atoms with E-state index in [1.165, 1.54) is 6.42 Å². The Labute approximate surface area is 120 Å². The van der Waals surface area contributed by atoms with E-state index in [1.807, 2.05) is 0 Å². The molecule has 0 saturated heterocycles. The fraction of sp³-hybridized carbons (Fsp3) is 0.786. The molecule has 1 saturated carbocycles. The summed E-state index contributed by atoms with van der Waals surface area (Å²) in [4.78, 5) is 8.89. The molecular weight excluding hydrogens is 254 g/mol. The van der Waals surface area contributed by atoms with Crippen LogP contribution in [0.2, 0.25) is 0 Å². The molecule has 2 rings (SSSR count). The van der Waals surface area contributed by atoms with Crippen molar-refractivity contribution in [2.24, 2.45) is 10.9 Å². The van der Waals surface area contributed by atoms with Crippen molar-refractivity contribution >= 4 is 5.96 Å². The Balaban J connectivity index is 1.82. The molecular formula is C14H25N5O. The standard InChI is InChI=1S/C14H25N5O/c1-5-15-14(17-11-8-10(11)4)16-7-6-12-18-13(9(2)3)19-20-12/h9-11H,5-8H2,1-4H3,(H2,15,16,17). The number of hydrogen-bond acceptors (Lipinski definition) is 4. The molecule has 0 spiro atoms. The monoisotopic (exact) mass is 279 g/mol. The zero-order valence-electron chi connectivity index (χ0n) is 12.8. The van der Waals surface area contributed by atoms with Crippen LogP contribution >= 0.6 is 0 Å². The van der Waals surface area contributed by atoms with Gasteiger partial charge in [0.25, 0.3) is 0 Å². The van der Waals surface area contributed by atoms with E-state index in [0.717, 1.165) is 24.2 Å². The fourth-order valence-electron chi connectivity index (χ4n) is 1.89. The van der Waals surface area contributed by atoms with Gasteiger partial charge in [-0.25, -0.2) is 0 Å². The Morgan fingerprint density at radius 1 is 1.50 bits per heavy atom. The van der Waals surface area contributed by atoms with Gasteiger partial charge in [0.15, 0.2) is 11.8 Å². The van der Waals surface area contributed by atoms with E-state index in [0.29, 0.717) is 30.8 Å². The van der Waals surface area contributed by atoms with Crippen molar-refractivity contribution in [3.05, 3.63) is 11.7 Å². The lowest BCUT2D eigenvalue weighted by Gasteiger charge is -2.10. The van der Waals surface area contributed by atoms with Crippen LogP contribution < -0.4 is 10.6 Å². The van der Waals surface area contributed by atoms with Gasteiger partial charge >= 0.3 is 0 Å². The highest BCUT2D eigenvalue weighted by molar-refractivity contribution is 5.80. The Kier molecular flexibility index (Phi) is 4.98. The number of guanidine groups is 1. The molecule has 6 nitrogen and oxygen atoms in total. The second-order valence-corrected chi connectivity index (χ2v) is 5.68. The molecule has 1 aliphatic rings. The Morgan fingerprint density at radius 2 is 2.25 bits per heavy atom. The van der Waals surface area contributed by atoms with E-state index in [2.05, 4.69) is 53.5 Å². The lowest BCUT2D eigenvalue weighted by molar-refractivity contribution is 0.372. The highest BCUT2D eigenvalue weighted by Crippen LogP contribution is 2.28. The van der Waals surface area contributed by atoms with Gasteiger partial charge in [0, 0.05) is 24.9 Å². The zero-order valence-corrected chi connectivity index (χ0v) is 12.8. The summed E-state index contributed by atoms with van der Waals surface area (Å²) in [5, 5.41) is 10.6. The Morgan fingerprint density at radius 3 is 2.80 bits per heavy atom. The quantitative estimate of drug-likeness (QED) is 0.612. The van der Waals surface area contributed by atoms with Crippen molar-refractivity contribution in [2.45, 2.75) is 52.5 Å². The SMILES string of the molecule is CCNC(=NCCc1nc(C(C)C)no1)NC1CC1C. The third-order valence-corrected chi connectivity index (χ3v) is 3.37. The number of hydrogen-bond donors (Lipinski definition) is 2. The molecule has 1 aliphatic carbocycles. The normalized spacial score (nSPS) is 22.1. The van der Waals surface area contributed by atoms with Crippen LogP contribution in [0.1, 0.15) is 51.7 Å². The molecule has 1 fully saturated rings.